The van der Waals surface area contributed by atoms with Crippen LogP contribution in [-0.2, 0) is 14.6 Å². The zero-order valence-electron chi connectivity index (χ0n) is 14.4. The van der Waals surface area contributed by atoms with Gasteiger partial charge in [-0.15, -0.1) is 0 Å². The number of benzene rings is 2. The van der Waals surface area contributed by atoms with E-state index in [0.717, 1.165) is 11.1 Å². The molecule has 3 rings (SSSR count). The van der Waals surface area contributed by atoms with Gasteiger partial charge in [-0.05, 0) is 29.7 Å². The van der Waals surface area contributed by atoms with Gasteiger partial charge in [-0.2, -0.15) is 0 Å². The number of amides is 1. The Balaban J connectivity index is 1.62. The standard InChI is InChI=1S/C19H20ClNO4S/c1-21(16-9-10-26(23,24)13-16)19(22)12-25-18-8-7-15(11-17(18)20)14-5-3-2-4-6-14/h2-8,11,16H,9-10,12-13H2,1H3/t16-/m0/s1. The van der Waals surface area contributed by atoms with Crippen molar-refractivity contribution in [2.45, 2.75) is 12.5 Å². The van der Waals surface area contributed by atoms with Gasteiger partial charge < -0.3 is 9.64 Å². The molecule has 0 spiro atoms. The molecule has 1 aliphatic rings. The maximum atomic E-state index is 12.3. The Bertz CT molecular complexity index is 899. The molecule has 5 nitrogen and oxygen atoms in total. The van der Waals surface area contributed by atoms with Crippen LogP contribution in [0, 0.1) is 0 Å². The zero-order chi connectivity index (χ0) is 18.7. The Morgan fingerprint density at radius 3 is 2.54 bits per heavy atom. The average Bonchev–Trinajstić information content (AvgIpc) is 3.00. The molecule has 1 amide bonds. The first-order chi connectivity index (χ1) is 12.4. The average molecular weight is 394 g/mol. The van der Waals surface area contributed by atoms with E-state index in [9.17, 15) is 13.2 Å². The molecule has 2 aromatic carbocycles. The van der Waals surface area contributed by atoms with E-state index >= 15 is 0 Å². The molecule has 0 N–H and O–H groups in total. The molecule has 0 radical (unpaired) electrons. The summed E-state index contributed by atoms with van der Waals surface area (Å²) >= 11 is 6.28. The van der Waals surface area contributed by atoms with E-state index in [-0.39, 0.29) is 30.1 Å². The summed E-state index contributed by atoms with van der Waals surface area (Å²) in [6.07, 6.45) is 0.469. The summed E-state index contributed by atoms with van der Waals surface area (Å²) in [7, 11) is -1.43. The number of hydrogen-bond acceptors (Lipinski definition) is 4. The van der Waals surface area contributed by atoms with Crippen LogP contribution in [0.15, 0.2) is 48.5 Å². The molecule has 26 heavy (non-hydrogen) atoms. The van der Waals surface area contributed by atoms with Gasteiger partial charge in [0, 0.05) is 13.1 Å². The topological polar surface area (TPSA) is 63.7 Å². The van der Waals surface area contributed by atoms with Crippen LogP contribution in [0.2, 0.25) is 5.02 Å². The fraction of sp³-hybridized carbons (Fsp3) is 0.316. The van der Waals surface area contributed by atoms with E-state index in [1.807, 2.05) is 36.4 Å². The Labute approximate surface area is 158 Å². The van der Waals surface area contributed by atoms with Crippen LogP contribution in [0.25, 0.3) is 11.1 Å². The van der Waals surface area contributed by atoms with Crippen molar-refractivity contribution < 1.29 is 17.9 Å². The van der Waals surface area contributed by atoms with Gasteiger partial charge in [-0.1, -0.05) is 48.0 Å². The summed E-state index contributed by atoms with van der Waals surface area (Å²) in [6.45, 7) is -0.183. The third kappa shape index (κ3) is 4.37. The molecular weight excluding hydrogens is 374 g/mol. The number of hydrogen-bond donors (Lipinski definition) is 0. The first kappa shape index (κ1) is 18.7. The lowest BCUT2D eigenvalue weighted by molar-refractivity contribution is -0.133. The largest absolute Gasteiger partial charge is 0.482 e. The second kappa shape index (κ2) is 7.68. The van der Waals surface area contributed by atoms with Crippen molar-refractivity contribution in [2.75, 3.05) is 25.2 Å². The van der Waals surface area contributed by atoms with Gasteiger partial charge >= 0.3 is 0 Å². The van der Waals surface area contributed by atoms with E-state index in [4.69, 9.17) is 16.3 Å². The smallest absolute Gasteiger partial charge is 0.260 e. The lowest BCUT2D eigenvalue weighted by Crippen LogP contribution is -2.40. The maximum absolute atomic E-state index is 12.3. The van der Waals surface area contributed by atoms with E-state index in [1.165, 1.54) is 4.90 Å². The van der Waals surface area contributed by atoms with E-state index in [2.05, 4.69) is 0 Å². The van der Waals surface area contributed by atoms with Crippen molar-refractivity contribution in [3.8, 4) is 16.9 Å². The van der Waals surface area contributed by atoms with Crippen LogP contribution < -0.4 is 4.74 Å². The van der Waals surface area contributed by atoms with Gasteiger partial charge in [0.05, 0.1) is 16.5 Å². The first-order valence-electron chi connectivity index (χ1n) is 8.29. The van der Waals surface area contributed by atoms with Crippen molar-refractivity contribution in [1.82, 2.24) is 4.90 Å². The number of rotatable bonds is 5. The Kier molecular flexibility index (Phi) is 5.53. The van der Waals surface area contributed by atoms with Gasteiger partial charge in [0.2, 0.25) is 0 Å². The van der Waals surface area contributed by atoms with Gasteiger partial charge in [-0.3, -0.25) is 4.79 Å². The molecule has 0 unspecified atom stereocenters. The minimum atomic E-state index is -3.03. The number of ether oxygens (including phenoxy) is 1. The summed E-state index contributed by atoms with van der Waals surface area (Å²) in [5.74, 6) is 0.299. The Morgan fingerprint density at radius 2 is 1.92 bits per heavy atom. The summed E-state index contributed by atoms with van der Waals surface area (Å²) in [5, 5.41) is 0.422. The van der Waals surface area contributed by atoms with Crippen molar-refractivity contribution >= 4 is 27.3 Å². The summed E-state index contributed by atoms with van der Waals surface area (Å²) in [5.41, 5.74) is 2.00. The van der Waals surface area contributed by atoms with Gasteiger partial charge in [0.15, 0.2) is 16.4 Å². The number of nitrogens with zero attached hydrogens (tertiary/aromatic N) is 1. The molecule has 1 atom stereocenters. The Hall–Kier alpha value is -2.05. The lowest BCUT2D eigenvalue weighted by Gasteiger charge is -2.23. The minimum absolute atomic E-state index is 0.0156. The molecular formula is C19H20ClNO4S. The van der Waals surface area contributed by atoms with Crippen LogP contribution in [0.1, 0.15) is 6.42 Å². The third-order valence-electron chi connectivity index (χ3n) is 4.54. The van der Waals surface area contributed by atoms with Crippen molar-refractivity contribution in [3.05, 3.63) is 53.6 Å². The zero-order valence-corrected chi connectivity index (χ0v) is 16.0. The molecule has 138 valence electrons. The molecule has 1 saturated heterocycles. The molecule has 0 aliphatic carbocycles. The molecule has 1 heterocycles. The highest BCUT2D eigenvalue weighted by Gasteiger charge is 2.32. The second-order valence-electron chi connectivity index (χ2n) is 6.36. The quantitative estimate of drug-likeness (QED) is 0.783. The van der Waals surface area contributed by atoms with Gasteiger partial charge in [0.25, 0.3) is 5.91 Å². The highest BCUT2D eigenvalue weighted by atomic mass is 35.5. The number of halogens is 1. The number of carbonyl (C=O) groups excluding carboxylic acids is 1. The molecule has 0 aromatic heterocycles. The number of likely N-dealkylation sites (N-methyl/N-ethyl adjacent to an activating group) is 1. The van der Waals surface area contributed by atoms with Crippen LogP contribution in [0.3, 0.4) is 0 Å². The van der Waals surface area contributed by atoms with E-state index in [0.29, 0.717) is 17.2 Å². The predicted octanol–water partition coefficient (Wildman–Crippen LogP) is 3.03. The third-order valence-corrected chi connectivity index (χ3v) is 6.59. The van der Waals surface area contributed by atoms with Gasteiger partial charge in [-0.25, -0.2) is 8.42 Å². The fourth-order valence-corrected chi connectivity index (χ4v) is 4.96. The summed E-state index contributed by atoms with van der Waals surface area (Å²) in [4.78, 5) is 13.7. The normalized spacial score (nSPS) is 18.5. The van der Waals surface area contributed by atoms with Gasteiger partial charge in [0.1, 0.15) is 5.75 Å². The highest BCUT2D eigenvalue weighted by molar-refractivity contribution is 7.91. The molecule has 0 bridgehead atoms. The van der Waals surface area contributed by atoms with E-state index in [1.54, 1.807) is 19.2 Å². The SMILES string of the molecule is CN(C(=O)COc1ccc(-c2ccccc2)cc1Cl)[C@H]1CCS(=O)(=O)C1. The van der Waals surface area contributed by atoms with Crippen molar-refractivity contribution in [1.29, 1.82) is 0 Å². The molecule has 1 aliphatic heterocycles. The van der Waals surface area contributed by atoms with Crippen molar-refractivity contribution in [2.24, 2.45) is 0 Å². The number of sulfone groups is 1. The molecule has 0 saturated carbocycles. The summed E-state index contributed by atoms with van der Waals surface area (Å²) < 4.78 is 28.7. The van der Waals surface area contributed by atoms with Crippen LogP contribution >= 0.6 is 11.6 Å². The van der Waals surface area contributed by atoms with Crippen LogP contribution in [-0.4, -0.2) is 50.4 Å². The van der Waals surface area contributed by atoms with Crippen LogP contribution in [0.4, 0.5) is 0 Å². The van der Waals surface area contributed by atoms with E-state index < -0.39 is 9.84 Å². The molecule has 7 heteroatoms. The lowest BCUT2D eigenvalue weighted by atomic mass is 10.1. The first-order valence-corrected chi connectivity index (χ1v) is 10.5. The van der Waals surface area contributed by atoms with Crippen LogP contribution in [0.5, 0.6) is 5.75 Å². The Morgan fingerprint density at radius 1 is 1.19 bits per heavy atom. The fourth-order valence-electron chi connectivity index (χ4n) is 2.95. The maximum Gasteiger partial charge on any atom is 0.260 e. The summed E-state index contributed by atoms with van der Waals surface area (Å²) in [6, 6.07) is 14.9. The second-order valence-corrected chi connectivity index (χ2v) is 9.00. The molecule has 2 aromatic rings. The minimum Gasteiger partial charge on any atom is -0.482 e. The monoisotopic (exact) mass is 393 g/mol. The van der Waals surface area contributed by atoms with Crippen molar-refractivity contribution in [3.63, 3.8) is 0 Å². The number of carbonyl (C=O) groups is 1. The molecule has 1 fully saturated rings. The highest BCUT2D eigenvalue weighted by Crippen LogP contribution is 2.30. The predicted molar refractivity (Wildman–Crippen MR) is 102 cm³/mol.